The van der Waals surface area contributed by atoms with E-state index in [2.05, 4.69) is 16.0 Å². The molecule has 1 aliphatic heterocycles. The van der Waals surface area contributed by atoms with Crippen molar-refractivity contribution in [2.24, 2.45) is 0 Å². The van der Waals surface area contributed by atoms with E-state index >= 15 is 0 Å². The molecule has 1 aliphatic rings. The van der Waals surface area contributed by atoms with Gasteiger partial charge in [0.15, 0.2) is 23.9 Å². The van der Waals surface area contributed by atoms with Crippen molar-refractivity contribution in [2.75, 3.05) is 18.5 Å². The molecule has 0 saturated heterocycles. The number of carbonyl (C=O) groups excluding carboxylic acids is 3. The van der Waals surface area contributed by atoms with Crippen LogP contribution in [0.2, 0.25) is 0 Å². The van der Waals surface area contributed by atoms with Crippen LogP contribution in [0.5, 0.6) is 11.5 Å². The van der Waals surface area contributed by atoms with E-state index in [1.54, 1.807) is 79.7 Å². The number of urea groups is 1. The van der Waals surface area contributed by atoms with Gasteiger partial charge in [0.2, 0.25) is 0 Å². The van der Waals surface area contributed by atoms with Gasteiger partial charge in [0.25, 0.3) is 5.91 Å². The second-order valence-corrected chi connectivity index (χ2v) is 9.94. The molecule has 3 N–H and O–H groups in total. The minimum Gasteiger partial charge on any atom is -0.490 e. The normalized spacial score (nSPS) is 14.7. The van der Waals surface area contributed by atoms with Gasteiger partial charge < -0.3 is 25.4 Å². The molecule has 11 heteroatoms. The Morgan fingerprint density at radius 1 is 0.844 bits per heavy atom. The van der Waals surface area contributed by atoms with E-state index in [-0.39, 0.29) is 29.6 Å². The number of hydrogen-bond acceptors (Lipinski definition) is 5. The Morgan fingerprint density at radius 3 is 2.24 bits per heavy atom. The fourth-order valence-electron chi connectivity index (χ4n) is 4.84. The standard InChI is InChI=1S/C34H28F3N3O5/c1-2-44-27-18-23(16-17-26(27)45-20-28(41)38-25-15-9-14-24(19-25)34(35,36)37)31-29(32(42)22-12-7-4-8-13-22)30(39-33(43)40-31)21-10-5-3-6-11-21/h3-19,31H,2,20H2,1H3,(H,38,41)(H2,39,40,43)/t31-/m1/s1. The number of anilines is 1. The Kier molecular flexibility index (Phi) is 9.17. The van der Waals surface area contributed by atoms with Crippen molar-refractivity contribution in [3.63, 3.8) is 0 Å². The van der Waals surface area contributed by atoms with Gasteiger partial charge >= 0.3 is 12.2 Å². The lowest BCUT2D eigenvalue weighted by molar-refractivity contribution is -0.137. The molecule has 1 heterocycles. The second-order valence-electron chi connectivity index (χ2n) is 9.94. The summed E-state index contributed by atoms with van der Waals surface area (Å²) in [5.41, 5.74) is 1.34. The van der Waals surface area contributed by atoms with Gasteiger partial charge in [-0.25, -0.2) is 4.79 Å². The third-order valence-electron chi connectivity index (χ3n) is 6.85. The smallest absolute Gasteiger partial charge is 0.416 e. The van der Waals surface area contributed by atoms with Crippen LogP contribution in [0.4, 0.5) is 23.7 Å². The summed E-state index contributed by atoms with van der Waals surface area (Å²) < 4.78 is 50.6. The van der Waals surface area contributed by atoms with E-state index in [1.165, 1.54) is 12.1 Å². The number of halogens is 3. The first-order chi connectivity index (χ1) is 21.6. The number of ketones is 1. The van der Waals surface area contributed by atoms with E-state index in [0.29, 0.717) is 28.0 Å². The first kappa shape index (κ1) is 30.9. The average molecular weight is 616 g/mol. The maximum absolute atomic E-state index is 13.9. The summed E-state index contributed by atoms with van der Waals surface area (Å²) in [4.78, 5) is 39.4. The van der Waals surface area contributed by atoms with Gasteiger partial charge in [-0.05, 0) is 48.4 Å². The molecule has 1 atom stereocenters. The highest BCUT2D eigenvalue weighted by Gasteiger charge is 2.34. The quantitative estimate of drug-likeness (QED) is 0.171. The second kappa shape index (κ2) is 13.4. The number of ether oxygens (including phenoxy) is 2. The van der Waals surface area contributed by atoms with Crippen molar-refractivity contribution < 1.29 is 37.0 Å². The zero-order valence-corrected chi connectivity index (χ0v) is 24.0. The highest BCUT2D eigenvalue weighted by Crippen LogP contribution is 2.37. The molecule has 4 aromatic rings. The van der Waals surface area contributed by atoms with E-state index in [0.717, 1.165) is 12.1 Å². The van der Waals surface area contributed by atoms with Crippen molar-refractivity contribution >= 4 is 29.1 Å². The predicted octanol–water partition coefficient (Wildman–Crippen LogP) is 6.77. The van der Waals surface area contributed by atoms with Crippen LogP contribution in [0.25, 0.3) is 5.70 Å². The molecule has 0 fully saturated rings. The fourth-order valence-corrected chi connectivity index (χ4v) is 4.84. The van der Waals surface area contributed by atoms with Gasteiger partial charge in [-0.1, -0.05) is 72.8 Å². The van der Waals surface area contributed by atoms with Crippen molar-refractivity contribution in [3.8, 4) is 11.5 Å². The minimum absolute atomic E-state index is 0.0305. The van der Waals surface area contributed by atoms with Gasteiger partial charge in [0.05, 0.1) is 29.5 Å². The van der Waals surface area contributed by atoms with Crippen molar-refractivity contribution in [1.82, 2.24) is 10.6 Å². The van der Waals surface area contributed by atoms with Crippen molar-refractivity contribution in [1.29, 1.82) is 0 Å². The third-order valence-corrected chi connectivity index (χ3v) is 6.85. The third kappa shape index (κ3) is 7.32. The topological polar surface area (TPSA) is 106 Å². The van der Waals surface area contributed by atoms with E-state index < -0.39 is 36.3 Å². The number of benzene rings is 4. The summed E-state index contributed by atoms with van der Waals surface area (Å²) in [6, 6.07) is 25.4. The monoisotopic (exact) mass is 615 g/mol. The molecule has 0 radical (unpaired) electrons. The van der Waals surface area contributed by atoms with E-state index in [9.17, 15) is 27.6 Å². The maximum atomic E-state index is 13.9. The average Bonchev–Trinajstić information content (AvgIpc) is 3.04. The Labute approximate surface area is 256 Å². The fraction of sp³-hybridized carbons (Fsp3) is 0.147. The Balaban J connectivity index is 1.44. The number of carbonyl (C=O) groups is 3. The summed E-state index contributed by atoms with van der Waals surface area (Å²) in [5, 5.41) is 8.04. The summed E-state index contributed by atoms with van der Waals surface area (Å²) in [5.74, 6) is -0.556. The summed E-state index contributed by atoms with van der Waals surface area (Å²) in [6.45, 7) is 1.46. The number of nitrogens with one attached hydrogen (secondary N) is 3. The van der Waals surface area contributed by atoms with Crippen LogP contribution in [0.15, 0.2) is 109 Å². The Morgan fingerprint density at radius 2 is 1.56 bits per heavy atom. The Bertz CT molecular complexity index is 1740. The highest BCUT2D eigenvalue weighted by atomic mass is 19.4. The molecule has 0 aromatic heterocycles. The lowest BCUT2D eigenvalue weighted by Crippen LogP contribution is -2.45. The predicted molar refractivity (Wildman–Crippen MR) is 162 cm³/mol. The molecule has 0 spiro atoms. The number of Topliss-reactive ketones (excluding diaryl/α,β-unsaturated/α-hetero) is 1. The molecular weight excluding hydrogens is 587 g/mol. The van der Waals surface area contributed by atoms with Crippen LogP contribution in [-0.4, -0.2) is 30.9 Å². The first-order valence-electron chi connectivity index (χ1n) is 14.0. The van der Waals surface area contributed by atoms with Crippen LogP contribution in [0.3, 0.4) is 0 Å². The molecule has 45 heavy (non-hydrogen) atoms. The largest absolute Gasteiger partial charge is 0.490 e. The summed E-state index contributed by atoms with van der Waals surface area (Å²) in [6.07, 6.45) is -4.55. The van der Waals surface area contributed by atoms with Crippen LogP contribution >= 0.6 is 0 Å². The summed E-state index contributed by atoms with van der Waals surface area (Å²) >= 11 is 0. The number of amides is 3. The molecule has 0 saturated carbocycles. The number of hydrogen-bond donors (Lipinski definition) is 3. The van der Waals surface area contributed by atoms with Crippen LogP contribution < -0.4 is 25.4 Å². The first-order valence-corrected chi connectivity index (χ1v) is 14.0. The van der Waals surface area contributed by atoms with E-state index in [1.807, 2.05) is 6.07 Å². The maximum Gasteiger partial charge on any atom is 0.416 e. The summed E-state index contributed by atoms with van der Waals surface area (Å²) in [7, 11) is 0. The molecule has 5 rings (SSSR count). The molecule has 230 valence electrons. The molecule has 0 aliphatic carbocycles. The van der Waals surface area contributed by atoms with Crippen molar-refractivity contribution in [2.45, 2.75) is 19.1 Å². The zero-order valence-electron chi connectivity index (χ0n) is 24.0. The van der Waals surface area contributed by atoms with Gasteiger partial charge in [-0.2, -0.15) is 13.2 Å². The number of alkyl halides is 3. The number of rotatable bonds is 10. The van der Waals surface area contributed by atoms with Gasteiger partial charge in [-0.15, -0.1) is 0 Å². The van der Waals surface area contributed by atoms with Crippen LogP contribution in [0.1, 0.15) is 40.0 Å². The van der Waals surface area contributed by atoms with Crippen LogP contribution in [-0.2, 0) is 11.0 Å². The van der Waals surface area contributed by atoms with Gasteiger partial charge in [-0.3, -0.25) is 9.59 Å². The molecular formula is C34H28F3N3O5. The SMILES string of the molecule is CCOc1cc([C@H]2NC(=O)NC(c3ccccc3)=C2C(=O)c2ccccc2)ccc1OCC(=O)Nc1cccc(C(F)(F)F)c1. The molecule has 4 aromatic carbocycles. The Hall–Kier alpha value is -5.58. The molecule has 0 unspecified atom stereocenters. The zero-order chi connectivity index (χ0) is 32.0. The van der Waals surface area contributed by atoms with Gasteiger partial charge in [0.1, 0.15) is 0 Å². The van der Waals surface area contributed by atoms with Gasteiger partial charge in [0, 0.05) is 11.3 Å². The molecule has 3 amide bonds. The lowest BCUT2D eigenvalue weighted by Gasteiger charge is -2.30. The molecule has 8 nitrogen and oxygen atoms in total. The van der Waals surface area contributed by atoms with Crippen molar-refractivity contribution in [3.05, 3.63) is 131 Å². The van der Waals surface area contributed by atoms with Crippen LogP contribution in [0, 0.1) is 0 Å². The lowest BCUT2D eigenvalue weighted by atomic mass is 9.87. The minimum atomic E-state index is -4.55. The van der Waals surface area contributed by atoms with E-state index in [4.69, 9.17) is 9.47 Å². The highest BCUT2D eigenvalue weighted by molar-refractivity contribution is 6.16. The molecule has 0 bridgehead atoms.